The van der Waals surface area contributed by atoms with E-state index in [0.29, 0.717) is 5.92 Å². The van der Waals surface area contributed by atoms with Crippen molar-refractivity contribution in [2.75, 3.05) is 13.2 Å². The van der Waals surface area contributed by atoms with Crippen molar-refractivity contribution in [3.8, 4) is 0 Å². The lowest BCUT2D eigenvalue weighted by Gasteiger charge is -2.25. The molecule has 0 aromatic carbocycles. The molecule has 5 unspecified atom stereocenters. The third-order valence-electron chi connectivity index (χ3n) is 4.27. The van der Waals surface area contributed by atoms with E-state index in [0.717, 1.165) is 24.4 Å². The lowest BCUT2D eigenvalue weighted by Crippen LogP contribution is -2.28. The molecule has 1 aliphatic heterocycles. The molecule has 2 nitrogen and oxygen atoms in total. The van der Waals surface area contributed by atoms with Crippen molar-refractivity contribution in [3.63, 3.8) is 0 Å². The molecule has 5 atom stereocenters. The quantitative estimate of drug-likeness (QED) is 0.634. The van der Waals surface area contributed by atoms with Crippen LogP contribution in [-0.2, 0) is 4.74 Å². The molecule has 12 heavy (non-hydrogen) atoms. The summed E-state index contributed by atoms with van der Waals surface area (Å²) in [5.74, 6) is 3.35. The highest BCUT2D eigenvalue weighted by atomic mass is 16.5. The van der Waals surface area contributed by atoms with Crippen LogP contribution in [0.5, 0.6) is 0 Å². The minimum atomic E-state index is 0.185. The van der Waals surface area contributed by atoms with Crippen molar-refractivity contribution >= 4 is 0 Å². The minimum Gasteiger partial charge on any atom is -0.394 e. The van der Waals surface area contributed by atoms with Gasteiger partial charge in [0.1, 0.15) is 0 Å². The zero-order chi connectivity index (χ0) is 8.13. The van der Waals surface area contributed by atoms with Gasteiger partial charge < -0.3 is 9.84 Å². The van der Waals surface area contributed by atoms with Crippen LogP contribution < -0.4 is 0 Å². The lowest BCUT2D eigenvalue weighted by molar-refractivity contribution is 0.0279. The Morgan fingerprint density at radius 3 is 2.92 bits per heavy atom. The number of rotatable bonds is 1. The van der Waals surface area contributed by atoms with Crippen LogP contribution in [0.15, 0.2) is 0 Å². The highest BCUT2D eigenvalue weighted by Gasteiger charge is 2.53. The lowest BCUT2D eigenvalue weighted by atomic mass is 9.79. The van der Waals surface area contributed by atoms with Gasteiger partial charge in [0, 0.05) is 0 Å². The first-order chi connectivity index (χ1) is 5.90. The van der Waals surface area contributed by atoms with Gasteiger partial charge in [-0.25, -0.2) is 0 Å². The maximum atomic E-state index is 9.12. The summed E-state index contributed by atoms with van der Waals surface area (Å²) in [6.07, 6.45) is 4.43. The van der Waals surface area contributed by atoms with Crippen molar-refractivity contribution in [1.82, 2.24) is 0 Å². The Labute approximate surface area is 72.9 Å². The van der Waals surface area contributed by atoms with Gasteiger partial charge in [0.05, 0.1) is 19.3 Å². The SMILES string of the molecule is OCC1OCC2C3CCC(C3)C12. The molecule has 1 N–H and O–H groups in total. The summed E-state index contributed by atoms with van der Waals surface area (Å²) in [6, 6.07) is 0. The van der Waals surface area contributed by atoms with E-state index in [1.807, 2.05) is 0 Å². The molecule has 3 rings (SSSR count). The Kier molecular flexibility index (Phi) is 1.50. The van der Waals surface area contributed by atoms with Crippen LogP contribution in [0.1, 0.15) is 19.3 Å². The molecule has 2 bridgehead atoms. The average molecular weight is 168 g/mol. The van der Waals surface area contributed by atoms with Gasteiger partial charge in [-0.2, -0.15) is 0 Å². The normalized spacial score (nSPS) is 56.2. The van der Waals surface area contributed by atoms with Crippen molar-refractivity contribution in [3.05, 3.63) is 0 Å². The molecule has 3 aliphatic rings. The number of hydrogen-bond donors (Lipinski definition) is 1. The Hall–Kier alpha value is -0.0800. The molecule has 2 saturated carbocycles. The van der Waals surface area contributed by atoms with Crippen molar-refractivity contribution in [2.24, 2.45) is 23.7 Å². The van der Waals surface area contributed by atoms with E-state index in [-0.39, 0.29) is 12.7 Å². The molecule has 1 heterocycles. The zero-order valence-electron chi connectivity index (χ0n) is 7.28. The van der Waals surface area contributed by atoms with Crippen molar-refractivity contribution < 1.29 is 9.84 Å². The van der Waals surface area contributed by atoms with Gasteiger partial charge in [0.25, 0.3) is 0 Å². The van der Waals surface area contributed by atoms with Crippen LogP contribution in [0.25, 0.3) is 0 Å². The van der Waals surface area contributed by atoms with Gasteiger partial charge in [-0.3, -0.25) is 0 Å². The average Bonchev–Trinajstić information content (AvgIpc) is 2.76. The fraction of sp³-hybridized carbons (Fsp3) is 1.00. The maximum Gasteiger partial charge on any atom is 0.0840 e. The van der Waals surface area contributed by atoms with E-state index in [1.54, 1.807) is 0 Å². The summed E-state index contributed by atoms with van der Waals surface area (Å²) < 4.78 is 5.60. The predicted molar refractivity (Wildman–Crippen MR) is 44.6 cm³/mol. The molecule has 0 amide bonds. The van der Waals surface area contributed by atoms with Crippen LogP contribution in [0, 0.1) is 23.7 Å². The Balaban J connectivity index is 1.85. The molecular weight excluding hydrogens is 152 g/mol. The van der Waals surface area contributed by atoms with E-state index in [4.69, 9.17) is 9.84 Å². The van der Waals surface area contributed by atoms with Gasteiger partial charge in [-0.1, -0.05) is 0 Å². The molecule has 0 aromatic rings. The second-order valence-electron chi connectivity index (χ2n) is 4.63. The van der Waals surface area contributed by atoms with Crippen molar-refractivity contribution in [2.45, 2.75) is 25.4 Å². The summed E-state index contributed by atoms with van der Waals surface area (Å²) in [6.45, 7) is 1.17. The second kappa shape index (κ2) is 2.46. The van der Waals surface area contributed by atoms with E-state index >= 15 is 0 Å². The number of fused-ring (bicyclic) bond motifs is 5. The zero-order valence-corrected chi connectivity index (χ0v) is 7.28. The maximum absolute atomic E-state index is 9.12. The van der Waals surface area contributed by atoms with Crippen molar-refractivity contribution in [1.29, 1.82) is 0 Å². The number of ether oxygens (including phenoxy) is 1. The first kappa shape index (κ1) is 7.34. The Morgan fingerprint density at radius 2 is 2.08 bits per heavy atom. The third kappa shape index (κ3) is 0.775. The van der Waals surface area contributed by atoms with Crippen LogP contribution in [-0.4, -0.2) is 24.4 Å². The van der Waals surface area contributed by atoms with Gasteiger partial charge >= 0.3 is 0 Å². The molecule has 3 fully saturated rings. The van der Waals surface area contributed by atoms with Crippen LogP contribution in [0.3, 0.4) is 0 Å². The summed E-state index contributed by atoms with van der Waals surface area (Å²) in [5, 5.41) is 9.12. The molecule has 0 radical (unpaired) electrons. The Bertz CT molecular complexity index is 190. The standard InChI is InChI=1S/C10H16O2/c11-4-9-10-7-2-1-6(3-7)8(10)5-12-9/h6-11H,1-5H2. The largest absolute Gasteiger partial charge is 0.394 e. The number of aliphatic hydroxyl groups is 1. The molecule has 2 heteroatoms. The summed E-state index contributed by atoms with van der Waals surface area (Å²) in [5.41, 5.74) is 0. The topological polar surface area (TPSA) is 29.5 Å². The number of aliphatic hydroxyl groups excluding tert-OH is 1. The van der Waals surface area contributed by atoms with Gasteiger partial charge in [-0.05, 0) is 42.9 Å². The van der Waals surface area contributed by atoms with Crippen LogP contribution in [0.2, 0.25) is 0 Å². The highest BCUT2D eigenvalue weighted by Crippen LogP contribution is 2.56. The summed E-state index contributed by atoms with van der Waals surface area (Å²) in [4.78, 5) is 0. The van der Waals surface area contributed by atoms with E-state index in [9.17, 15) is 0 Å². The van der Waals surface area contributed by atoms with E-state index in [2.05, 4.69) is 0 Å². The molecule has 0 spiro atoms. The smallest absolute Gasteiger partial charge is 0.0840 e. The molecule has 1 saturated heterocycles. The minimum absolute atomic E-state index is 0.185. The second-order valence-corrected chi connectivity index (χ2v) is 4.63. The van der Waals surface area contributed by atoms with Gasteiger partial charge in [0.15, 0.2) is 0 Å². The Morgan fingerprint density at radius 1 is 1.25 bits per heavy atom. The van der Waals surface area contributed by atoms with E-state index < -0.39 is 0 Å². The fourth-order valence-corrected chi connectivity index (χ4v) is 3.80. The molecule has 68 valence electrons. The van der Waals surface area contributed by atoms with Gasteiger partial charge in [0.2, 0.25) is 0 Å². The third-order valence-corrected chi connectivity index (χ3v) is 4.27. The summed E-state index contributed by atoms with van der Waals surface area (Å²) in [7, 11) is 0. The number of hydrogen-bond acceptors (Lipinski definition) is 2. The van der Waals surface area contributed by atoms with E-state index in [1.165, 1.54) is 19.3 Å². The molecule has 0 aromatic heterocycles. The fourth-order valence-electron chi connectivity index (χ4n) is 3.80. The molecular formula is C10H16O2. The monoisotopic (exact) mass is 168 g/mol. The van der Waals surface area contributed by atoms with Gasteiger partial charge in [-0.15, -0.1) is 0 Å². The highest BCUT2D eigenvalue weighted by molar-refractivity contribution is 5.02. The van der Waals surface area contributed by atoms with Crippen LogP contribution >= 0.6 is 0 Å². The molecule has 2 aliphatic carbocycles. The predicted octanol–water partition coefficient (Wildman–Crippen LogP) is 1.04. The first-order valence-electron chi connectivity index (χ1n) is 5.12. The first-order valence-corrected chi connectivity index (χ1v) is 5.12. The summed E-state index contributed by atoms with van der Waals surface area (Å²) >= 11 is 0. The van der Waals surface area contributed by atoms with Crippen LogP contribution in [0.4, 0.5) is 0 Å².